The highest BCUT2D eigenvalue weighted by Gasteiger charge is 2.07. The third-order valence-corrected chi connectivity index (χ3v) is 2.21. The molecular formula is C7H7NO3S. The van der Waals surface area contributed by atoms with E-state index in [1.807, 2.05) is 6.92 Å². The van der Waals surface area contributed by atoms with Crippen LogP contribution in [0, 0.1) is 6.92 Å². The van der Waals surface area contributed by atoms with E-state index in [4.69, 9.17) is 5.11 Å². The second-order valence-corrected chi connectivity index (χ2v) is 3.45. The lowest BCUT2D eigenvalue weighted by Gasteiger charge is -1.94. The summed E-state index contributed by atoms with van der Waals surface area (Å²) in [5.74, 6) is 0. The maximum Gasteiger partial charge on any atom is 0.409 e. The predicted molar refractivity (Wildman–Crippen MR) is 46.1 cm³/mol. The number of hydrogen-bond acceptors (Lipinski definition) is 3. The lowest BCUT2D eigenvalue weighted by Crippen LogP contribution is -2.06. The van der Waals surface area contributed by atoms with E-state index in [2.05, 4.69) is 5.32 Å². The van der Waals surface area contributed by atoms with Gasteiger partial charge in [-0.25, -0.2) is 4.79 Å². The van der Waals surface area contributed by atoms with E-state index in [0.29, 0.717) is 16.9 Å². The second-order valence-electron chi connectivity index (χ2n) is 2.19. The van der Waals surface area contributed by atoms with Gasteiger partial charge >= 0.3 is 6.09 Å². The lowest BCUT2D eigenvalue weighted by molar-refractivity contribution is 0.112. The van der Waals surface area contributed by atoms with Gasteiger partial charge in [0.2, 0.25) is 0 Å². The van der Waals surface area contributed by atoms with Crippen LogP contribution in [0.2, 0.25) is 0 Å². The summed E-state index contributed by atoms with van der Waals surface area (Å²) in [6.07, 6.45) is -0.519. The number of thiophene rings is 1. The number of amides is 1. The van der Waals surface area contributed by atoms with Gasteiger partial charge in [0.25, 0.3) is 0 Å². The number of hydrogen-bond donors (Lipinski definition) is 2. The zero-order valence-corrected chi connectivity index (χ0v) is 7.14. The van der Waals surface area contributed by atoms with Crippen LogP contribution < -0.4 is 5.32 Å². The van der Waals surface area contributed by atoms with Gasteiger partial charge in [-0.15, -0.1) is 11.3 Å². The third-order valence-electron chi connectivity index (χ3n) is 1.23. The molecule has 1 aromatic rings. The molecule has 1 rings (SSSR count). The monoisotopic (exact) mass is 185 g/mol. The van der Waals surface area contributed by atoms with Crippen molar-refractivity contribution in [2.45, 2.75) is 6.92 Å². The summed E-state index contributed by atoms with van der Waals surface area (Å²) in [6.45, 7) is 1.81. The van der Waals surface area contributed by atoms with E-state index in [0.717, 1.165) is 4.88 Å². The Bertz CT molecular complexity index is 318. The standard InChI is InChI=1S/C7H7NO3S/c1-4-2-5(3-9)6(12-4)8-7(10)11/h2-3,8H,1H3,(H,10,11). The number of aryl methyl sites for hydroxylation is 1. The van der Waals surface area contributed by atoms with E-state index in [9.17, 15) is 9.59 Å². The Labute approximate surface area is 72.8 Å². The van der Waals surface area contributed by atoms with Gasteiger partial charge in [0.05, 0.1) is 0 Å². The number of carbonyl (C=O) groups is 2. The minimum absolute atomic E-state index is 0.384. The zero-order chi connectivity index (χ0) is 9.14. The molecule has 0 spiro atoms. The van der Waals surface area contributed by atoms with Gasteiger partial charge in [0, 0.05) is 10.4 Å². The molecule has 0 bridgehead atoms. The molecule has 0 aliphatic carbocycles. The summed E-state index contributed by atoms with van der Waals surface area (Å²) in [4.78, 5) is 21.5. The zero-order valence-electron chi connectivity index (χ0n) is 6.33. The van der Waals surface area contributed by atoms with Crippen molar-refractivity contribution >= 4 is 28.7 Å². The van der Waals surface area contributed by atoms with E-state index in [1.165, 1.54) is 11.3 Å². The Kier molecular flexibility index (Phi) is 2.44. The fourth-order valence-electron chi connectivity index (χ4n) is 0.816. The van der Waals surface area contributed by atoms with E-state index >= 15 is 0 Å². The summed E-state index contributed by atoms with van der Waals surface area (Å²) in [5, 5.41) is 10.9. The molecule has 1 heterocycles. The molecule has 5 heteroatoms. The van der Waals surface area contributed by atoms with Crippen LogP contribution in [-0.2, 0) is 0 Å². The van der Waals surface area contributed by atoms with Crippen molar-refractivity contribution in [1.82, 2.24) is 0 Å². The van der Waals surface area contributed by atoms with Gasteiger partial charge in [0.15, 0.2) is 6.29 Å². The number of aldehydes is 1. The summed E-state index contributed by atoms with van der Waals surface area (Å²) < 4.78 is 0. The fourth-order valence-corrected chi connectivity index (χ4v) is 1.69. The maximum atomic E-state index is 10.4. The summed E-state index contributed by atoms with van der Waals surface area (Å²) in [6, 6.07) is 1.64. The van der Waals surface area contributed by atoms with Crippen molar-refractivity contribution in [3.05, 3.63) is 16.5 Å². The van der Waals surface area contributed by atoms with Crippen LogP contribution in [0.25, 0.3) is 0 Å². The molecule has 64 valence electrons. The highest BCUT2D eigenvalue weighted by molar-refractivity contribution is 7.16. The first kappa shape index (κ1) is 8.73. The Morgan fingerprint density at radius 3 is 2.92 bits per heavy atom. The van der Waals surface area contributed by atoms with Gasteiger partial charge in [-0.1, -0.05) is 0 Å². The van der Waals surface area contributed by atoms with Gasteiger partial charge in [0.1, 0.15) is 5.00 Å². The fraction of sp³-hybridized carbons (Fsp3) is 0.143. The number of anilines is 1. The summed E-state index contributed by atoms with van der Waals surface area (Å²) >= 11 is 1.24. The van der Waals surface area contributed by atoms with Gasteiger partial charge in [-0.2, -0.15) is 0 Å². The summed E-state index contributed by atoms with van der Waals surface area (Å²) in [5.41, 5.74) is 0.389. The summed E-state index contributed by atoms with van der Waals surface area (Å²) in [7, 11) is 0. The smallest absolute Gasteiger partial charge is 0.409 e. The Hall–Kier alpha value is -1.36. The highest BCUT2D eigenvalue weighted by atomic mass is 32.1. The maximum absolute atomic E-state index is 10.4. The average molecular weight is 185 g/mol. The van der Waals surface area contributed by atoms with Crippen LogP contribution in [-0.4, -0.2) is 17.5 Å². The van der Waals surface area contributed by atoms with Crippen molar-refractivity contribution in [3.8, 4) is 0 Å². The first-order valence-electron chi connectivity index (χ1n) is 3.19. The van der Waals surface area contributed by atoms with Crippen LogP contribution in [0.3, 0.4) is 0 Å². The van der Waals surface area contributed by atoms with Gasteiger partial charge < -0.3 is 5.11 Å². The molecule has 1 aromatic heterocycles. The molecule has 12 heavy (non-hydrogen) atoms. The predicted octanol–water partition coefficient (Wildman–Crippen LogP) is 1.96. The average Bonchev–Trinajstić information content (AvgIpc) is 2.29. The molecule has 0 atom stereocenters. The van der Waals surface area contributed by atoms with Crippen LogP contribution in [0.5, 0.6) is 0 Å². The first-order valence-corrected chi connectivity index (χ1v) is 4.00. The molecule has 1 amide bonds. The highest BCUT2D eigenvalue weighted by Crippen LogP contribution is 2.25. The molecule has 2 N–H and O–H groups in total. The van der Waals surface area contributed by atoms with Crippen molar-refractivity contribution in [2.75, 3.05) is 5.32 Å². The van der Waals surface area contributed by atoms with Crippen LogP contribution >= 0.6 is 11.3 Å². The minimum Gasteiger partial charge on any atom is -0.465 e. The SMILES string of the molecule is Cc1cc(C=O)c(NC(=O)O)s1. The molecule has 0 aromatic carbocycles. The number of carboxylic acid groups (broad SMARTS) is 1. The van der Waals surface area contributed by atoms with Crippen molar-refractivity contribution in [1.29, 1.82) is 0 Å². The molecule has 0 aliphatic rings. The third kappa shape index (κ3) is 1.82. The van der Waals surface area contributed by atoms with Crippen molar-refractivity contribution < 1.29 is 14.7 Å². The molecule has 0 radical (unpaired) electrons. The molecule has 0 unspecified atom stereocenters. The molecule has 0 aliphatic heterocycles. The van der Waals surface area contributed by atoms with Crippen molar-refractivity contribution in [3.63, 3.8) is 0 Å². The first-order chi connectivity index (χ1) is 5.63. The Morgan fingerprint density at radius 1 is 1.75 bits per heavy atom. The quantitative estimate of drug-likeness (QED) is 0.692. The van der Waals surface area contributed by atoms with Crippen LogP contribution in [0.1, 0.15) is 15.2 Å². The lowest BCUT2D eigenvalue weighted by atomic mass is 10.3. The minimum atomic E-state index is -1.15. The van der Waals surface area contributed by atoms with E-state index in [1.54, 1.807) is 6.07 Å². The van der Waals surface area contributed by atoms with Crippen LogP contribution in [0.15, 0.2) is 6.07 Å². The Morgan fingerprint density at radius 2 is 2.42 bits per heavy atom. The van der Waals surface area contributed by atoms with Crippen LogP contribution in [0.4, 0.5) is 9.80 Å². The van der Waals surface area contributed by atoms with Gasteiger partial charge in [-0.3, -0.25) is 10.1 Å². The molecule has 0 saturated carbocycles. The number of nitrogens with one attached hydrogen (secondary N) is 1. The van der Waals surface area contributed by atoms with E-state index in [-0.39, 0.29) is 0 Å². The second kappa shape index (κ2) is 3.36. The molecular weight excluding hydrogens is 178 g/mol. The van der Waals surface area contributed by atoms with Gasteiger partial charge in [-0.05, 0) is 13.0 Å². The molecule has 4 nitrogen and oxygen atoms in total. The normalized spacial score (nSPS) is 9.42. The number of rotatable bonds is 2. The van der Waals surface area contributed by atoms with Crippen molar-refractivity contribution in [2.24, 2.45) is 0 Å². The number of carbonyl (C=O) groups excluding carboxylic acids is 1. The largest absolute Gasteiger partial charge is 0.465 e. The molecule has 0 saturated heterocycles. The molecule has 0 fully saturated rings. The van der Waals surface area contributed by atoms with E-state index < -0.39 is 6.09 Å². The Balaban J connectivity index is 2.96. The topological polar surface area (TPSA) is 66.4 Å².